The zero-order valence-electron chi connectivity index (χ0n) is 11.9. The highest BCUT2D eigenvalue weighted by atomic mass is 35.5. The van der Waals surface area contributed by atoms with E-state index in [2.05, 4.69) is 28.8 Å². The number of para-hydroxylation sites is 1. The van der Waals surface area contributed by atoms with Crippen molar-refractivity contribution in [1.82, 2.24) is 9.55 Å². The Hall–Kier alpha value is -1.18. The normalized spacial score (nSPS) is 14.2. The molecule has 2 unspecified atom stereocenters. The van der Waals surface area contributed by atoms with E-state index in [1.54, 1.807) is 6.07 Å². The highest BCUT2D eigenvalue weighted by Gasteiger charge is 2.17. The Balaban J connectivity index is 2.50. The molecule has 0 aliphatic carbocycles. The van der Waals surface area contributed by atoms with Gasteiger partial charge >= 0.3 is 0 Å². The summed E-state index contributed by atoms with van der Waals surface area (Å²) in [5.74, 6) is 0.845. The summed E-state index contributed by atoms with van der Waals surface area (Å²) in [5.41, 5.74) is 2.37. The number of aromatic nitrogens is 2. The minimum Gasteiger partial charge on any atom is -0.327 e. The van der Waals surface area contributed by atoms with Gasteiger partial charge in [-0.2, -0.15) is 17.0 Å². The van der Waals surface area contributed by atoms with Gasteiger partial charge in [0.25, 0.3) is 0 Å². The zero-order chi connectivity index (χ0) is 14.7. The van der Waals surface area contributed by atoms with Crippen LogP contribution < -0.4 is 0 Å². The van der Waals surface area contributed by atoms with E-state index in [0.717, 1.165) is 29.8 Å². The van der Waals surface area contributed by atoms with Crippen molar-refractivity contribution in [3.8, 4) is 6.07 Å². The van der Waals surface area contributed by atoms with Gasteiger partial charge in [-0.05, 0) is 31.7 Å². The monoisotopic (exact) mass is 307 g/mol. The third-order valence-corrected chi connectivity index (χ3v) is 4.68. The van der Waals surface area contributed by atoms with Gasteiger partial charge < -0.3 is 4.57 Å². The molecule has 0 aliphatic heterocycles. The molecule has 5 heteroatoms. The van der Waals surface area contributed by atoms with Crippen molar-refractivity contribution in [3.63, 3.8) is 0 Å². The molecule has 0 fully saturated rings. The second kappa shape index (κ2) is 6.51. The van der Waals surface area contributed by atoms with Crippen LogP contribution in [0.1, 0.15) is 37.0 Å². The Morgan fingerprint density at radius 3 is 2.80 bits per heavy atom. The van der Waals surface area contributed by atoms with Crippen molar-refractivity contribution in [2.75, 3.05) is 6.26 Å². The number of hydrogen-bond acceptors (Lipinski definition) is 3. The summed E-state index contributed by atoms with van der Waals surface area (Å²) in [7, 11) is 0. The molecule has 0 saturated heterocycles. The van der Waals surface area contributed by atoms with Gasteiger partial charge in [-0.3, -0.25) is 0 Å². The van der Waals surface area contributed by atoms with E-state index in [4.69, 9.17) is 11.6 Å². The maximum atomic E-state index is 9.19. The van der Waals surface area contributed by atoms with Crippen molar-refractivity contribution in [1.29, 1.82) is 5.26 Å². The number of aryl methyl sites for hydroxylation is 1. The first-order valence-electron chi connectivity index (χ1n) is 6.64. The van der Waals surface area contributed by atoms with E-state index in [-0.39, 0.29) is 5.38 Å². The van der Waals surface area contributed by atoms with Gasteiger partial charge in [0.15, 0.2) is 0 Å². The van der Waals surface area contributed by atoms with Gasteiger partial charge in [0.2, 0.25) is 0 Å². The highest BCUT2D eigenvalue weighted by molar-refractivity contribution is 7.99. The van der Waals surface area contributed by atoms with Crippen LogP contribution in [0, 0.1) is 11.3 Å². The molecular weight excluding hydrogens is 290 g/mol. The first-order valence-corrected chi connectivity index (χ1v) is 8.37. The first-order chi connectivity index (χ1) is 9.58. The number of fused-ring (bicyclic) bond motifs is 1. The van der Waals surface area contributed by atoms with E-state index in [0.29, 0.717) is 10.8 Å². The second-order valence-electron chi connectivity index (χ2n) is 4.86. The molecular formula is C15H18ClN3S. The van der Waals surface area contributed by atoms with Gasteiger partial charge in [0.1, 0.15) is 17.4 Å². The summed E-state index contributed by atoms with van der Waals surface area (Å²) < 4.78 is 2.15. The number of nitriles is 1. The topological polar surface area (TPSA) is 41.6 Å². The lowest BCUT2D eigenvalue weighted by Crippen LogP contribution is -2.08. The summed E-state index contributed by atoms with van der Waals surface area (Å²) in [5, 5.41) is 9.61. The summed E-state index contributed by atoms with van der Waals surface area (Å²) in [4.78, 5) is 4.59. The molecule has 1 aromatic carbocycles. The molecule has 0 bridgehead atoms. The fraction of sp³-hybridized carbons (Fsp3) is 0.467. The minimum absolute atomic E-state index is 0.168. The van der Waals surface area contributed by atoms with Crippen molar-refractivity contribution in [3.05, 3.63) is 29.6 Å². The average molecular weight is 308 g/mol. The first kappa shape index (κ1) is 15.2. The van der Waals surface area contributed by atoms with E-state index < -0.39 is 0 Å². The maximum absolute atomic E-state index is 9.19. The molecule has 2 rings (SSSR count). The van der Waals surface area contributed by atoms with Gasteiger partial charge in [0, 0.05) is 11.8 Å². The van der Waals surface area contributed by atoms with Crippen LogP contribution in [0.4, 0.5) is 0 Å². The Morgan fingerprint density at radius 1 is 1.45 bits per heavy atom. The van der Waals surface area contributed by atoms with Crippen LogP contribution in [-0.4, -0.2) is 21.1 Å². The van der Waals surface area contributed by atoms with Crippen LogP contribution >= 0.6 is 23.4 Å². The van der Waals surface area contributed by atoms with Crippen LogP contribution in [0.5, 0.6) is 0 Å². The molecule has 1 heterocycles. The molecule has 0 amide bonds. The SMILES string of the molecule is CSC(C)CCn1c(C(C)Cl)nc2c(C#N)cccc21. The number of benzene rings is 1. The molecule has 106 valence electrons. The number of alkyl halides is 1. The molecule has 0 N–H and O–H groups in total. The number of hydrogen-bond donors (Lipinski definition) is 0. The van der Waals surface area contributed by atoms with Crippen molar-refractivity contribution in [2.24, 2.45) is 0 Å². The molecule has 0 saturated carbocycles. The highest BCUT2D eigenvalue weighted by Crippen LogP contribution is 2.27. The van der Waals surface area contributed by atoms with Crippen molar-refractivity contribution < 1.29 is 0 Å². The number of nitrogens with zero attached hydrogens (tertiary/aromatic N) is 3. The smallest absolute Gasteiger partial charge is 0.127 e. The molecule has 2 atom stereocenters. The summed E-state index contributed by atoms with van der Waals surface area (Å²) >= 11 is 8.11. The van der Waals surface area contributed by atoms with Gasteiger partial charge in [0.05, 0.1) is 16.5 Å². The molecule has 0 radical (unpaired) electrons. The largest absolute Gasteiger partial charge is 0.327 e. The third kappa shape index (κ3) is 2.94. The Labute approximate surface area is 128 Å². The van der Waals surface area contributed by atoms with Crippen molar-refractivity contribution in [2.45, 2.75) is 37.4 Å². The predicted molar refractivity (Wildman–Crippen MR) is 86.3 cm³/mol. The fourth-order valence-electron chi connectivity index (χ4n) is 2.22. The van der Waals surface area contributed by atoms with Gasteiger partial charge in [-0.25, -0.2) is 4.98 Å². The average Bonchev–Trinajstić information content (AvgIpc) is 2.83. The molecule has 2 aromatic rings. The number of rotatable bonds is 5. The Kier molecular flexibility index (Phi) is 4.95. The number of halogens is 1. The van der Waals surface area contributed by atoms with E-state index >= 15 is 0 Å². The van der Waals surface area contributed by atoms with Crippen LogP contribution in [0.2, 0.25) is 0 Å². The van der Waals surface area contributed by atoms with E-state index in [9.17, 15) is 5.26 Å². The van der Waals surface area contributed by atoms with Crippen LogP contribution in [-0.2, 0) is 6.54 Å². The van der Waals surface area contributed by atoms with Crippen LogP contribution in [0.25, 0.3) is 11.0 Å². The zero-order valence-corrected chi connectivity index (χ0v) is 13.5. The lowest BCUT2D eigenvalue weighted by Gasteiger charge is -2.13. The van der Waals surface area contributed by atoms with Crippen molar-refractivity contribution >= 4 is 34.4 Å². The fourth-order valence-corrected chi connectivity index (χ4v) is 2.73. The van der Waals surface area contributed by atoms with Crippen LogP contribution in [0.3, 0.4) is 0 Å². The molecule has 3 nitrogen and oxygen atoms in total. The summed E-state index contributed by atoms with van der Waals surface area (Å²) in [6.45, 7) is 5.01. The van der Waals surface area contributed by atoms with Gasteiger partial charge in [-0.1, -0.05) is 13.0 Å². The molecule has 0 aliphatic rings. The Bertz CT molecular complexity index is 642. The van der Waals surface area contributed by atoms with Gasteiger partial charge in [-0.15, -0.1) is 11.6 Å². The number of imidazole rings is 1. The maximum Gasteiger partial charge on any atom is 0.127 e. The molecule has 0 spiro atoms. The summed E-state index contributed by atoms with van der Waals surface area (Å²) in [6, 6.07) is 7.91. The van der Waals surface area contributed by atoms with E-state index in [1.807, 2.05) is 30.8 Å². The Morgan fingerprint density at radius 2 is 2.20 bits per heavy atom. The third-order valence-electron chi connectivity index (χ3n) is 3.45. The molecule has 20 heavy (non-hydrogen) atoms. The lowest BCUT2D eigenvalue weighted by molar-refractivity contribution is 0.623. The standard InChI is InChI=1S/C15H18ClN3S/c1-10(20-3)7-8-19-13-6-4-5-12(9-17)14(13)18-15(19)11(2)16/h4-6,10-11H,7-8H2,1-3H3. The second-order valence-corrected chi connectivity index (χ2v) is 6.79. The summed E-state index contributed by atoms with van der Waals surface area (Å²) in [6.07, 6.45) is 3.18. The molecule has 1 aromatic heterocycles. The number of thioether (sulfide) groups is 1. The minimum atomic E-state index is -0.168. The predicted octanol–water partition coefficient (Wildman–Crippen LogP) is 4.35. The lowest BCUT2D eigenvalue weighted by atomic mass is 10.2. The van der Waals surface area contributed by atoms with Crippen LogP contribution in [0.15, 0.2) is 18.2 Å². The van der Waals surface area contributed by atoms with E-state index in [1.165, 1.54) is 0 Å². The quantitative estimate of drug-likeness (QED) is 0.771.